The molecule has 18 heavy (non-hydrogen) atoms. The fraction of sp³-hybridized carbons (Fsp3) is 0.286. The van der Waals surface area contributed by atoms with Crippen LogP contribution in [-0.4, -0.2) is 8.80 Å². The van der Waals surface area contributed by atoms with Gasteiger partial charge in [-0.05, 0) is 23.6 Å². The van der Waals surface area contributed by atoms with Crippen LogP contribution in [0.4, 0.5) is 0 Å². The zero-order chi connectivity index (χ0) is 13.5. The van der Waals surface area contributed by atoms with Crippen molar-refractivity contribution in [2.75, 3.05) is 0 Å². The van der Waals surface area contributed by atoms with Crippen molar-refractivity contribution in [3.05, 3.63) is 53.6 Å². The molecule has 0 heterocycles. The molecule has 0 saturated heterocycles. The van der Waals surface area contributed by atoms with Crippen LogP contribution in [0.3, 0.4) is 0 Å². The fourth-order valence-corrected chi connectivity index (χ4v) is 3.63. The zero-order valence-corrected chi connectivity index (χ0v) is 14.9. The van der Waals surface area contributed by atoms with Crippen molar-refractivity contribution in [3.8, 4) is 0 Å². The third-order valence-corrected chi connectivity index (χ3v) is 4.82. The van der Waals surface area contributed by atoms with E-state index in [1.165, 1.54) is 16.7 Å². The van der Waals surface area contributed by atoms with Crippen molar-refractivity contribution >= 4 is 33.0 Å². The van der Waals surface area contributed by atoms with Gasteiger partial charge in [-0.1, -0.05) is 61.2 Å². The van der Waals surface area contributed by atoms with Crippen LogP contribution in [0.2, 0.25) is 18.6 Å². The van der Waals surface area contributed by atoms with Gasteiger partial charge in [0.15, 0.2) is 0 Å². The zero-order valence-electron chi connectivity index (χ0n) is 10.9. The van der Waals surface area contributed by atoms with E-state index in [2.05, 4.69) is 62.5 Å². The molecular weight excluding hydrogens is 315 g/mol. The van der Waals surface area contributed by atoms with Crippen molar-refractivity contribution in [1.82, 2.24) is 0 Å². The van der Waals surface area contributed by atoms with E-state index >= 15 is 0 Å². The molecule has 0 aromatic heterocycles. The van der Waals surface area contributed by atoms with E-state index in [0.717, 1.165) is 5.54 Å². The van der Waals surface area contributed by atoms with E-state index in [1.807, 2.05) is 0 Å². The first kappa shape index (κ1) is 16.3. The van der Waals surface area contributed by atoms with Crippen molar-refractivity contribution in [3.63, 3.8) is 0 Å². The summed E-state index contributed by atoms with van der Waals surface area (Å²) in [6.07, 6.45) is 4.79. The molecule has 95 valence electrons. The van der Waals surface area contributed by atoms with Crippen LogP contribution in [0.15, 0.2) is 48.1 Å². The first-order chi connectivity index (χ1) is 8.60. The van der Waals surface area contributed by atoms with Crippen molar-refractivity contribution in [1.29, 1.82) is 0 Å². The van der Waals surface area contributed by atoms with E-state index in [9.17, 15) is 0 Å². The third-order valence-electron chi connectivity index (χ3n) is 2.95. The fourth-order valence-electron chi connectivity index (χ4n) is 2.13. The standard InChI is InChI=1S/C14H17Si.2ClH.Ti/c1-11-9-13(10-14(11)15(2)3)12-7-5-4-6-8-12;;;/h4-10,14H,1-3H3;2*1H;/q;;;+2/p-2. The van der Waals surface area contributed by atoms with Gasteiger partial charge in [0.1, 0.15) is 0 Å². The van der Waals surface area contributed by atoms with Gasteiger partial charge in [-0.25, -0.2) is 0 Å². The van der Waals surface area contributed by atoms with Crippen LogP contribution in [0, 0.1) is 0 Å². The average Bonchev–Trinajstić information content (AvgIpc) is 2.74. The van der Waals surface area contributed by atoms with Gasteiger partial charge in [-0.3, -0.25) is 0 Å². The Kier molecular flexibility index (Phi) is 7.59. The second kappa shape index (κ2) is 8.40. The summed E-state index contributed by atoms with van der Waals surface area (Å²) in [5.41, 5.74) is 5.02. The summed E-state index contributed by atoms with van der Waals surface area (Å²) in [7, 11) is 9.53. The van der Waals surface area contributed by atoms with Gasteiger partial charge in [0, 0.05) is 0 Å². The average molecular weight is 332 g/mol. The molecular formula is C14H17Cl2SiTi. The Morgan fingerprint density at radius 3 is 2.11 bits per heavy atom. The number of hydrogen-bond donors (Lipinski definition) is 0. The van der Waals surface area contributed by atoms with E-state index in [4.69, 9.17) is 18.6 Å². The number of halogens is 2. The SMILES string of the molecule is CC1=CC(c2ccccc2)=CC1[Si](C)C.[Cl][Ti][Cl]. The Morgan fingerprint density at radius 1 is 1.11 bits per heavy atom. The molecule has 1 radical (unpaired) electrons. The molecule has 0 spiro atoms. The molecule has 0 amide bonds. The first-order valence-electron chi connectivity index (χ1n) is 5.82. The first-order valence-corrected chi connectivity index (χ1v) is 12.7. The number of rotatable bonds is 2. The molecule has 0 N–H and O–H groups in total. The molecule has 1 unspecified atom stereocenters. The van der Waals surface area contributed by atoms with Crippen molar-refractivity contribution < 1.29 is 17.0 Å². The van der Waals surface area contributed by atoms with Crippen LogP contribution in [0.1, 0.15) is 12.5 Å². The summed E-state index contributed by atoms with van der Waals surface area (Å²) in [6, 6.07) is 10.7. The Morgan fingerprint density at radius 2 is 1.67 bits per heavy atom. The van der Waals surface area contributed by atoms with Crippen molar-refractivity contribution in [2.24, 2.45) is 0 Å². The van der Waals surface area contributed by atoms with E-state index in [1.54, 1.807) is 0 Å². The molecule has 4 heteroatoms. The molecule has 1 aromatic carbocycles. The van der Waals surface area contributed by atoms with E-state index in [-0.39, 0.29) is 8.80 Å². The van der Waals surface area contributed by atoms with Gasteiger partial charge in [-0.15, -0.1) is 0 Å². The van der Waals surface area contributed by atoms with Crippen molar-refractivity contribution in [2.45, 2.75) is 25.6 Å². The summed E-state index contributed by atoms with van der Waals surface area (Å²) in [5.74, 6) is 0. The quantitative estimate of drug-likeness (QED) is 0.625. The predicted octanol–water partition coefficient (Wildman–Crippen LogP) is 5.53. The Balaban J connectivity index is 0.000000492. The van der Waals surface area contributed by atoms with E-state index in [0.29, 0.717) is 0 Å². The molecule has 0 aliphatic heterocycles. The molecule has 1 atom stereocenters. The van der Waals surface area contributed by atoms with Crippen LogP contribution in [0.5, 0.6) is 0 Å². The second-order valence-corrected chi connectivity index (χ2v) is 9.86. The van der Waals surface area contributed by atoms with Gasteiger partial charge in [-0.2, -0.15) is 0 Å². The minimum atomic E-state index is -0.556. The number of allylic oxidation sites excluding steroid dienone is 4. The maximum atomic E-state index is 4.89. The molecule has 2 rings (SSSR count). The van der Waals surface area contributed by atoms with Gasteiger partial charge >= 0.3 is 35.6 Å². The third kappa shape index (κ3) is 4.71. The predicted molar refractivity (Wildman–Crippen MR) is 81.1 cm³/mol. The van der Waals surface area contributed by atoms with Gasteiger partial charge in [0.25, 0.3) is 0 Å². The molecule has 1 aliphatic carbocycles. The summed E-state index contributed by atoms with van der Waals surface area (Å²) in [6.45, 7) is 7.03. The second-order valence-electron chi connectivity index (χ2n) is 4.50. The molecule has 0 bridgehead atoms. The molecule has 1 aromatic rings. The molecule has 0 saturated carbocycles. The monoisotopic (exact) mass is 331 g/mol. The summed E-state index contributed by atoms with van der Waals surface area (Å²) < 4.78 is 0. The molecule has 0 nitrogen and oxygen atoms in total. The normalized spacial score (nSPS) is 17.8. The summed E-state index contributed by atoms with van der Waals surface area (Å²) in [5, 5.41) is 0. The summed E-state index contributed by atoms with van der Waals surface area (Å²) in [4.78, 5) is 0. The van der Waals surface area contributed by atoms with Crippen LogP contribution in [0.25, 0.3) is 5.57 Å². The Labute approximate surface area is 128 Å². The van der Waals surface area contributed by atoms with Crippen LogP contribution in [-0.2, 0) is 17.0 Å². The number of benzene rings is 1. The number of hydrogen-bond acceptors (Lipinski definition) is 0. The van der Waals surface area contributed by atoms with Crippen LogP contribution >= 0.6 is 18.6 Å². The summed E-state index contributed by atoms with van der Waals surface area (Å²) >= 11 is -0.556. The van der Waals surface area contributed by atoms with Gasteiger partial charge in [0.2, 0.25) is 0 Å². The van der Waals surface area contributed by atoms with E-state index < -0.39 is 17.0 Å². The van der Waals surface area contributed by atoms with Gasteiger partial charge in [0.05, 0.1) is 8.80 Å². The Bertz CT molecular complexity index is 427. The minimum absolute atomic E-state index is 0.245. The Hall–Kier alpha value is 0.211. The topological polar surface area (TPSA) is 0 Å². The molecule has 1 aliphatic rings. The molecule has 0 fully saturated rings. The van der Waals surface area contributed by atoms with Crippen LogP contribution < -0.4 is 0 Å². The maximum absolute atomic E-state index is 4.89. The van der Waals surface area contributed by atoms with Gasteiger partial charge < -0.3 is 0 Å².